The lowest BCUT2D eigenvalue weighted by atomic mass is 10.1. The Hall–Kier alpha value is -2.14. The predicted molar refractivity (Wildman–Crippen MR) is 81.5 cm³/mol. The van der Waals surface area contributed by atoms with E-state index in [-0.39, 0.29) is 18.6 Å². The molecule has 0 saturated carbocycles. The number of aromatic nitrogens is 1. The van der Waals surface area contributed by atoms with E-state index in [1.165, 1.54) is 12.3 Å². The maximum Gasteiger partial charge on any atom is 0.250 e. The fourth-order valence-electron chi connectivity index (χ4n) is 2.74. The third-order valence-electron chi connectivity index (χ3n) is 3.79. The van der Waals surface area contributed by atoms with Crippen molar-refractivity contribution in [3.05, 3.63) is 54.0 Å². The van der Waals surface area contributed by atoms with Gasteiger partial charge >= 0.3 is 0 Å². The van der Waals surface area contributed by atoms with Crippen LogP contribution in [-0.4, -0.2) is 35.9 Å². The number of hydrogen-bond donors (Lipinski definition) is 1. The molecule has 3 rings (SSSR count). The van der Waals surface area contributed by atoms with Gasteiger partial charge in [0.15, 0.2) is 5.82 Å². The smallest absolute Gasteiger partial charge is 0.250 e. The van der Waals surface area contributed by atoms with E-state index in [0.717, 1.165) is 24.2 Å². The third-order valence-corrected chi connectivity index (χ3v) is 3.79. The number of halogens is 1. The van der Waals surface area contributed by atoms with Crippen molar-refractivity contribution >= 4 is 5.69 Å². The number of hydrogen-bond acceptors (Lipinski definition) is 4. The zero-order valence-corrected chi connectivity index (χ0v) is 12.2. The van der Waals surface area contributed by atoms with E-state index in [1.54, 1.807) is 6.07 Å². The normalized spacial score (nSPS) is 17.7. The summed E-state index contributed by atoms with van der Waals surface area (Å²) in [5, 5.41) is 9.16. The zero-order chi connectivity index (χ0) is 15.4. The minimum absolute atomic E-state index is 0.0614. The Morgan fingerprint density at radius 3 is 3.18 bits per heavy atom. The summed E-state index contributed by atoms with van der Waals surface area (Å²) in [6.45, 7) is 1.62. The molecule has 2 heterocycles. The Morgan fingerprint density at radius 2 is 2.36 bits per heavy atom. The molecular weight excluding hydrogens is 283 g/mol. The topological polar surface area (TPSA) is 45.6 Å². The highest BCUT2D eigenvalue weighted by molar-refractivity contribution is 5.54. The molecule has 1 aromatic heterocycles. The molecule has 1 radical (unpaired) electrons. The first-order valence-corrected chi connectivity index (χ1v) is 7.40. The Labute approximate surface area is 129 Å². The third kappa shape index (κ3) is 3.20. The highest BCUT2D eigenvalue weighted by atomic mass is 19.1. The van der Waals surface area contributed by atoms with E-state index >= 15 is 0 Å². The van der Waals surface area contributed by atoms with Crippen LogP contribution in [0.4, 0.5) is 10.1 Å². The summed E-state index contributed by atoms with van der Waals surface area (Å²) in [7, 11) is 0. The predicted octanol–water partition coefficient (Wildman–Crippen LogP) is 2.21. The molecule has 1 aliphatic rings. The Kier molecular flexibility index (Phi) is 4.53. The monoisotopic (exact) mass is 301 g/mol. The number of rotatable bonds is 5. The van der Waals surface area contributed by atoms with Gasteiger partial charge in [0.25, 0.3) is 5.88 Å². The van der Waals surface area contributed by atoms with Gasteiger partial charge in [-0.3, -0.25) is 0 Å². The van der Waals surface area contributed by atoms with Crippen LogP contribution >= 0.6 is 0 Å². The van der Waals surface area contributed by atoms with Gasteiger partial charge in [-0.1, -0.05) is 6.07 Å². The van der Waals surface area contributed by atoms with Crippen LogP contribution in [0.5, 0.6) is 5.88 Å². The molecule has 0 aliphatic carbocycles. The van der Waals surface area contributed by atoms with Gasteiger partial charge in [0, 0.05) is 31.5 Å². The summed E-state index contributed by atoms with van der Waals surface area (Å²) < 4.78 is 19.3. The second-order valence-electron chi connectivity index (χ2n) is 5.29. The van der Waals surface area contributed by atoms with Gasteiger partial charge in [-0.25, -0.2) is 9.37 Å². The van der Waals surface area contributed by atoms with Gasteiger partial charge in [0.2, 0.25) is 0 Å². The maximum atomic E-state index is 13.6. The molecule has 0 unspecified atom stereocenters. The molecule has 1 fully saturated rings. The number of anilines is 1. The number of pyridine rings is 1. The molecule has 0 amide bonds. The van der Waals surface area contributed by atoms with E-state index in [4.69, 9.17) is 9.84 Å². The average Bonchev–Trinajstić information content (AvgIpc) is 2.99. The Morgan fingerprint density at radius 1 is 1.45 bits per heavy atom. The molecular formula is C17H18FN2O2. The summed E-state index contributed by atoms with van der Waals surface area (Å²) in [4.78, 5) is 6.13. The highest BCUT2D eigenvalue weighted by Crippen LogP contribution is 2.27. The largest absolute Gasteiger partial charge is 0.470 e. The van der Waals surface area contributed by atoms with Crippen LogP contribution in [-0.2, 0) is 6.42 Å². The van der Waals surface area contributed by atoms with E-state index in [9.17, 15) is 4.39 Å². The van der Waals surface area contributed by atoms with E-state index in [0.29, 0.717) is 13.0 Å². The van der Waals surface area contributed by atoms with Crippen molar-refractivity contribution in [3.63, 3.8) is 0 Å². The molecule has 1 aliphatic heterocycles. The Balaban J connectivity index is 1.69. The first kappa shape index (κ1) is 14.8. The van der Waals surface area contributed by atoms with Crippen LogP contribution in [0.1, 0.15) is 12.0 Å². The minimum atomic E-state index is -0.434. The van der Waals surface area contributed by atoms with Crippen LogP contribution in [0.3, 0.4) is 0 Å². The molecule has 1 atom stereocenters. The Bertz CT molecular complexity index is 636. The average molecular weight is 301 g/mol. The van der Waals surface area contributed by atoms with Crippen LogP contribution in [0, 0.1) is 11.9 Å². The second-order valence-corrected chi connectivity index (χ2v) is 5.29. The van der Waals surface area contributed by atoms with Gasteiger partial charge in [-0.2, -0.15) is 0 Å². The molecule has 4 nitrogen and oxygen atoms in total. The molecule has 115 valence electrons. The van der Waals surface area contributed by atoms with Gasteiger partial charge in [0.1, 0.15) is 6.10 Å². The number of nitrogens with zero attached hydrogens (tertiary/aromatic N) is 2. The number of benzene rings is 1. The molecule has 1 aromatic carbocycles. The molecule has 1 saturated heterocycles. The number of ether oxygens (including phenoxy) is 1. The van der Waals surface area contributed by atoms with Gasteiger partial charge in [-0.15, -0.1) is 0 Å². The summed E-state index contributed by atoms with van der Waals surface area (Å²) >= 11 is 0. The first-order chi connectivity index (χ1) is 10.8. The van der Waals surface area contributed by atoms with Gasteiger partial charge < -0.3 is 14.7 Å². The van der Waals surface area contributed by atoms with Crippen molar-refractivity contribution in [3.8, 4) is 5.88 Å². The van der Waals surface area contributed by atoms with Crippen molar-refractivity contribution in [1.29, 1.82) is 0 Å². The maximum absolute atomic E-state index is 13.6. The van der Waals surface area contributed by atoms with Crippen molar-refractivity contribution in [2.75, 3.05) is 24.6 Å². The van der Waals surface area contributed by atoms with Crippen LogP contribution in [0.25, 0.3) is 0 Å². The second kappa shape index (κ2) is 6.75. The lowest BCUT2D eigenvalue weighted by Crippen LogP contribution is -2.26. The fourth-order valence-corrected chi connectivity index (χ4v) is 2.74. The van der Waals surface area contributed by atoms with Crippen molar-refractivity contribution in [1.82, 2.24) is 4.98 Å². The highest BCUT2D eigenvalue weighted by Gasteiger charge is 2.26. The van der Waals surface area contributed by atoms with Crippen LogP contribution in [0.2, 0.25) is 0 Å². The standard InChI is InChI=1S/C17H18FN2O2/c18-15-5-3-9-19-17(15)22-14-7-10-20(12-14)16-6-2-1-4-13(16)8-11-21/h2-6,9,14,21H,7-8,10-12H2/t14-/m0/s1. The summed E-state index contributed by atoms with van der Waals surface area (Å²) in [5.41, 5.74) is 2.15. The number of aliphatic hydroxyl groups is 1. The van der Waals surface area contributed by atoms with Crippen molar-refractivity contribution < 1.29 is 14.2 Å². The van der Waals surface area contributed by atoms with Gasteiger partial charge in [-0.05, 0) is 42.3 Å². The summed E-state index contributed by atoms with van der Waals surface area (Å²) in [5.74, 6) is -0.373. The first-order valence-electron chi connectivity index (χ1n) is 7.40. The molecule has 0 bridgehead atoms. The lowest BCUT2D eigenvalue weighted by Gasteiger charge is -2.22. The van der Waals surface area contributed by atoms with Crippen molar-refractivity contribution in [2.24, 2.45) is 0 Å². The molecule has 22 heavy (non-hydrogen) atoms. The lowest BCUT2D eigenvalue weighted by molar-refractivity contribution is 0.205. The van der Waals surface area contributed by atoms with Crippen molar-refractivity contribution in [2.45, 2.75) is 18.9 Å². The zero-order valence-electron chi connectivity index (χ0n) is 12.2. The quantitative estimate of drug-likeness (QED) is 0.920. The SMILES string of the molecule is OCCc1c[c]ccc1N1CC[C@H](Oc2ncccc2F)C1. The fraction of sp³-hybridized carbons (Fsp3) is 0.353. The van der Waals surface area contributed by atoms with Gasteiger partial charge in [0.05, 0.1) is 6.54 Å². The van der Waals surface area contributed by atoms with Crippen LogP contribution in [0.15, 0.2) is 36.5 Å². The summed E-state index contributed by atoms with van der Waals surface area (Å²) in [6, 6.07) is 11.7. The number of aliphatic hydroxyl groups excluding tert-OH is 1. The summed E-state index contributed by atoms with van der Waals surface area (Å²) in [6.07, 6.45) is 2.85. The van der Waals surface area contributed by atoms with E-state index < -0.39 is 5.82 Å². The van der Waals surface area contributed by atoms with E-state index in [2.05, 4.69) is 16.0 Å². The van der Waals surface area contributed by atoms with Crippen LogP contribution < -0.4 is 9.64 Å². The molecule has 2 aromatic rings. The molecule has 1 N–H and O–H groups in total. The molecule has 5 heteroatoms. The molecule has 0 spiro atoms. The minimum Gasteiger partial charge on any atom is -0.470 e. The van der Waals surface area contributed by atoms with E-state index in [1.807, 2.05) is 18.2 Å².